The van der Waals surface area contributed by atoms with Gasteiger partial charge in [-0.05, 0) is 87.0 Å². The van der Waals surface area contributed by atoms with Gasteiger partial charge in [0, 0.05) is 17.5 Å². The number of hydrogen-bond acceptors (Lipinski definition) is 5. The van der Waals surface area contributed by atoms with Crippen LogP contribution in [0.5, 0.6) is 0 Å². The summed E-state index contributed by atoms with van der Waals surface area (Å²) in [6.45, 7) is 5.87. The number of aliphatic hydroxyl groups is 2. The summed E-state index contributed by atoms with van der Waals surface area (Å²) in [5.74, 6) is 1.45. The first-order chi connectivity index (χ1) is 14.3. The summed E-state index contributed by atoms with van der Waals surface area (Å²) >= 11 is 0. The lowest BCUT2D eigenvalue weighted by molar-refractivity contribution is -0.239. The molecule has 5 heteroatoms. The second kappa shape index (κ2) is 7.06. The highest BCUT2D eigenvalue weighted by Crippen LogP contribution is 2.71. The van der Waals surface area contributed by atoms with E-state index < -0.39 is 16.6 Å². The van der Waals surface area contributed by atoms with Crippen molar-refractivity contribution in [2.75, 3.05) is 13.2 Å². The Balaban J connectivity index is 1.42. The van der Waals surface area contributed by atoms with E-state index in [4.69, 9.17) is 14.9 Å². The van der Waals surface area contributed by atoms with Crippen LogP contribution in [0.3, 0.4) is 0 Å². The molecule has 1 aromatic rings. The molecule has 0 spiro atoms. The summed E-state index contributed by atoms with van der Waals surface area (Å²) in [5, 5.41) is 24.1. The van der Waals surface area contributed by atoms with Gasteiger partial charge in [0.1, 0.15) is 5.60 Å². The quantitative estimate of drug-likeness (QED) is 0.690. The van der Waals surface area contributed by atoms with Crippen LogP contribution in [0.25, 0.3) is 0 Å². The fraction of sp³-hybridized carbons (Fsp3) is 0.840. The summed E-state index contributed by atoms with van der Waals surface area (Å²) < 4.78 is 11.3. The number of furan rings is 1. The van der Waals surface area contributed by atoms with Crippen molar-refractivity contribution in [3.05, 3.63) is 24.2 Å². The van der Waals surface area contributed by atoms with Crippen molar-refractivity contribution >= 4 is 0 Å². The minimum atomic E-state index is -1.01. The molecule has 30 heavy (non-hydrogen) atoms. The average Bonchev–Trinajstić information content (AvgIpc) is 3.34. The largest absolute Gasteiger partial charge is 0.472 e. The molecule has 1 aromatic heterocycles. The molecule has 0 bridgehead atoms. The molecular formula is C25H39NO4. The number of hydrogen-bond donors (Lipinski definition) is 3. The Hall–Kier alpha value is -0.880. The molecule has 0 radical (unpaired) electrons. The molecule has 5 nitrogen and oxygen atoms in total. The molecule has 0 saturated heterocycles. The molecule has 5 rings (SSSR count). The van der Waals surface area contributed by atoms with Crippen molar-refractivity contribution in [1.29, 1.82) is 0 Å². The number of nitrogens with two attached hydrogens (primary N) is 1. The third kappa shape index (κ3) is 2.61. The third-order valence-corrected chi connectivity index (χ3v) is 10.4. The van der Waals surface area contributed by atoms with Crippen LogP contribution in [0.15, 0.2) is 23.0 Å². The molecule has 0 amide bonds. The first kappa shape index (κ1) is 21.0. The van der Waals surface area contributed by atoms with Crippen molar-refractivity contribution in [2.45, 2.75) is 88.9 Å². The maximum absolute atomic E-state index is 12.2. The summed E-state index contributed by atoms with van der Waals surface area (Å²) in [7, 11) is 0. The highest BCUT2D eigenvalue weighted by atomic mass is 16.5. The zero-order valence-corrected chi connectivity index (χ0v) is 18.6. The minimum Gasteiger partial charge on any atom is -0.472 e. The topological polar surface area (TPSA) is 88.9 Å². The van der Waals surface area contributed by atoms with Crippen LogP contribution < -0.4 is 5.73 Å². The summed E-state index contributed by atoms with van der Waals surface area (Å²) in [5.41, 5.74) is 4.38. The minimum absolute atomic E-state index is 0.263. The van der Waals surface area contributed by atoms with Gasteiger partial charge in [-0.25, -0.2) is 0 Å². The Morgan fingerprint density at radius 1 is 1.07 bits per heavy atom. The Labute approximate surface area is 180 Å². The van der Waals surface area contributed by atoms with Crippen molar-refractivity contribution in [1.82, 2.24) is 0 Å². The second-order valence-corrected chi connectivity index (χ2v) is 11.2. The molecular weight excluding hydrogens is 378 g/mol. The molecule has 1 heterocycles. The fourth-order valence-corrected chi connectivity index (χ4v) is 8.55. The van der Waals surface area contributed by atoms with E-state index in [1.807, 2.05) is 6.07 Å². The van der Waals surface area contributed by atoms with Gasteiger partial charge in [-0.1, -0.05) is 13.8 Å². The standard InChI is InChI=1S/C25H39NO4/c1-22-8-5-19(30-14-12-26)15-17(22)3-4-21-20(22)6-9-23(2)24(27,10-11-25(21,23)28)18-7-13-29-16-18/h7,13,16-17,19-21,27-28H,3-6,8-12,14-15,26H2,1-2H3/t17?,19?,20-,21-,22+,23-,24?,25-/m1/s1. The van der Waals surface area contributed by atoms with Gasteiger partial charge in [0.2, 0.25) is 0 Å². The van der Waals surface area contributed by atoms with Crippen molar-refractivity contribution in [3.63, 3.8) is 0 Å². The average molecular weight is 418 g/mol. The normalized spacial score (nSPS) is 50.6. The number of rotatable bonds is 4. The third-order valence-electron chi connectivity index (χ3n) is 10.4. The maximum Gasteiger partial charge on any atom is 0.101 e. The van der Waals surface area contributed by atoms with Gasteiger partial charge >= 0.3 is 0 Å². The van der Waals surface area contributed by atoms with Crippen LogP contribution in [0.2, 0.25) is 0 Å². The Kier molecular flexibility index (Phi) is 4.94. The highest BCUT2D eigenvalue weighted by molar-refractivity contribution is 5.30. The number of fused-ring (bicyclic) bond motifs is 5. The zero-order chi connectivity index (χ0) is 21.2. The van der Waals surface area contributed by atoms with Crippen LogP contribution in [0, 0.1) is 28.6 Å². The van der Waals surface area contributed by atoms with Crippen LogP contribution >= 0.6 is 0 Å². The van der Waals surface area contributed by atoms with Crippen molar-refractivity contribution in [3.8, 4) is 0 Å². The zero-order valence-electron chi connectivity index (χ0n) is 18.6. The van der Waals surface area contributed by atoms with E-state index in [9.17, 15) is 10.2 Å². The van der Waals surface area contributed by atoms with E-state index in [-0.39, 0.29) is 11.3 Å². The Morgan fingerprint density at radius 3 is 2.63 bits per heavy atom. The fourth-order valence-electron chi connectivity index (χ4n) is 8.55. The van der Waals surface area contributed by atoms with E-state index in [0.29, 0.717) is 43.9 Å². The molecule has 4 fully saturated rings. The SMILES string of the molecule is C[C@]12CCC(OCCN)CC1CC[C@@H]1[C@H]2CC[C@]2(C)C(O)(c3ccoc3)CC[C@@]12O. The van der Waals surface area contributed by atoms with Crippen molar-refractivity contribution in [2.24, 2.45) is 34.3 Å². The Bertz CT molecular complexity index is 767. The first-order valence-corrected chi connectivity index (χ1v) is 12.1. The smallest absolute Gasteiger partial charge is 0.101 e. The van der Waals surface area contributed by atoms with Gasteiger partial charge in [0.05, 0.1) is 30.8 Å². The lowest BCUT2D eigenvalue weighted by Crippen LogP contribution is -2.64. The van der Waals surface area contributed by atoms with Crippen LogP contribution in [-0.4, -0.2) is 35.1 Å². The molecule has 168 valence electrons. The van der Waals surface area contributed by atoms with Gasteiger partial charge < -0.3 is 25.1 Å². The molecule has 3 unspecified atom stereocenters. The molecule has 0 aliphatic heterocycles. The first-order valence-electron chi connectivity index (χ1n) is 12.1. The van der Waals surface area contributed by atoms with Gasteiger partial charge in [-0.3, -0.25) is 0 Å². The molecule has 4 aliphatic carbocycles. The Morgan fingerprint density at radius 2 is 1.90 bits per heavy atom. The predicted octanol–water partition coefficient (Wildman–Crippen LogP) is 3.97. The number of ether oxygens (including phenoxy) is 1. The lowest BCUT2D eigenvalue weighted by atomic mass is 9.43. The second-order valence-electron chi connectivity index (χ2n) is 11.2. The highest BCUT2D eigenvalue weighted by Gasteiger charge is 2.72. The molecule has 4 aliphatic rings. The van der Waals surface area contributed by atoms with Gasteiger partial charge in [-0.15, -0.1) is 0 Å². The van der Waals surface area contributed by atoms with Gasteiger partial charge in [0.25, 0.3) is 0 Å². The van der Waals surface area contributed by atoms with E-state index in [1.165, 1.54) is 6.42 Å². The van der Waals surface area contributed by atoms with Gasteiger partial charge in [0.15, 0.2) is 0 Å². The summed E-state index contributed by atoms with van der Waals surface area (Å²) in [6, 6.07) is 1.88. The lowest BCUT2D eigenvalue weighted by Gasteiger charge is -2.64. The predicted molar refractivity (Wildman–Crippen MR) is 115 cm³/mol. The monoisotopic (exact) mass is 417 g/mol. The van der Waals surface area contributed by atoms with E-state index in [1.54, 1.807) is 12.5 Å². The summed E-state index contributed by atoms with van der Waals surface area (Å²) in [6.07, 6.45) is 12.5. The summed E-state index contributed by atoms with van der Waals surface area (Å²) in [4.78, 5) is 0. The van der Waals surface area contributed by atoms with Crippen LogP contribution in [-0.2, 0) is 10.3 Å². The molecule has 4 N–H and O–H groups in total. The van der Waals surface area contributed by atoms with E-state index >= 15 is 0 Å². The van der Waals surface area contributed by atoms with Gasteiger partial charge in [-0.2, -0.15) is 0 Å². The molecule has 8 atom stereocenters. The molecule has 0 aromatic carbocycles. The van der Waals surface area contributed by atoms with E-state index in [0.717, 1.165) is 44.1 Å². The van der Waals surface area contributed by atoms with Crippen molar-refractivity contribution < 1.29 is 19.4 Å². The van der Waals surface area contributed by atoms with Crippen LogP contribution in [0.4, 0.5) is 0 Å². The van der Waals surface area contributed by atoms with Crippen LogP contribution in [0.1, 0.15) is 77.2 Å². The van der Waals surface area contributed by atoms with E-state index in [2.05, 4.69) is 13.8 Å². The molecule has 4 saturated carbocycles. The maximum atomic E-state index is 12.2.